The predicted octanol–water partition coefficient (Wildman–Crippen LogP) is 4.87. The zero-order valence-electron chi connectivity index (χ0n) is 13.0. The Balaban J connectivity index is 1.75. The minimum absolute atomic E-state index is 0.843. The fourth-order valence-corrected chi connectivity index (χ4v) is 2.58. The standard InChI is InChI=1S/C21H15N3/c1-2-8-16(9-3-1)17-11-6-13-20(23-17)21-14-7-12-19(24-21)18-10-4-5-15-22-18/h1-15H. The highest BCUT2D eigenvalue weighted by Crippen LogP contribution is 2.23. The molecular weight excluding hydrogens is 294 g/mol. The molecule has 0 unspecified atom stereocenters. The molecule has 0 saturated carbocycles. The van der Waals surface area contributed by atoms with Crippen LogP contribution in [0, 0.1) is 0 Å². The third kappa shape index (κ3) is 2.92. The van der Waals surface area contributed by atoms with Crippen molar-refractivity contribution < 1.29 is 0 Å². The monoisotopic (exact) mass is 309 g/mol. The molecule has 0 spiro atoms. The molecule has 0 aliphatic heterocycles. The van der Waals surface area contributed by atoms with E-state index in [1.165, 1.54) is 0 Å². The first-order valence-electron chi connectivity index (χ1n) is 7.81. The Labute approximate surface area is 140 Å². The minimum atomic E-state index is 0.843. The van der Waals surface area contributed by atoms with Gasteiger partial charge in [-0.05, 0) is 36.4 Å². The third-order valence-electron chi connectivity index (χ3n) is 3.76. The fraction of sp³-hybridized carbons (Fsp3) is 0. The number of benzene rings is 1. The Morgan fingerprint density at radius 3 is 1.62 bits per heavy atom. The Morgan fingerprint density at radius 1 is 0.417 bits per heavy atom. The van der Waals surface area contributed by atoms with Gasteiger partial charge in [-0.2, -0.15) is 0 Å². The summed E-state index contributed by atoms with van der Waals surface area (Å²) in [6.45, 7) is 0. The maximum absolute atomic E-state index is 4.77. The molecule has 3 aromatic heterocycles. The van der Waals surface area contributed by atoms with Gasteiger partial charge in [-0.3, -0.25) is 4.98 Å². The second-order valence-corrected chi connectivity index (χ2v) is 5.40. The highest BCUT2D eigenvalue weighted by Gasteiger charge is 2.06. The van der Waals surface area contributed by atoms with Crippen LogP contribution in [0.25, 0.3) is 34.0 Å². The Hall–Kier alpha value is -3.33. The zero-order chi connectivity index (χ0) is 16.2. The summed E-state index contributed by atoms with van der Waals surface area (Å²) in [6.07, 6.45) is 1.78. The second kappa shape index (κ2) is 6.42. The average molecular weight is 309 g/mol. The fourth-order valence-electron chi connectivity index (χ4n) is 2.58. The number of hydrogen-bond donors (Lipinski definition) is 0. The van der Waals surface area contributed by atoms with Crippen LogP contribution in [-0.2, 0) is 0 Å². The lowest BCUT2D eigenvalue weighted by Crippen LogP contribution is -1.92. The molecule has 3 heterocycles. The second-order valence-electron chi connectivity index (χ2n) is 5.40. The molecule has 3 nitrogen and oxygen atoms in total. The highest BCUT2D eigenvalue weighted by atomic mass is 14.8. The molecule has 0 amide bonds. The molecular formula is C21H15N3. The van der Waals surface area contributed by atoms with Gasteiger partial charge in [-0.15, -0.1) is 0 Å². The number of rotatable bonds is 3. The molecule has 4 rings (SSSR count). The molecule has 0 fully saturated rings. The van der Waals surface area contributed by atoms with E-state index in [2.05, 4.69) is 17.1 Å². The molecule has 0 atom stereocenters. The number of hydrogen-bond acceptors (Lipinski definition) is 3. The van der Waals surface area contributed by atoms with Crippen molar-refractivity contribution in [3.8, 4) is 34.0 Å². The summed E-state index contributed by atoms with van der Waals surface area (Å²) in [5, 5.41) is 0. The summed E-state index contributed by atoms with van der Waals surface area (Å²) >= 11 is 0. The van der Waals surface area contributed by atoms with Gasteiger partial charge in [0.15, 0.2) is 0 Å². The molecule has 114 valence electrons. The van der Waals surface area contributed by atoms with Crippen LogP contribution in [0.3, 0.4) is 0 Å². The van der Waals surface area contributed by atoms with Crippen molar-refractivity contribution in [2.45, 2.75) is 0 Å². The van der Waals surface area contributed by atoms with Crippen LogP contribution >= 0.6 is 0 Å². The average Bonchev–Trinajstić information content (AvgIpc) is 2.70. The molecule has 0 aliphatic carbocycles. The third-order valence-corrected chi connectivity index (χ3v) is 3.76. The quantitative estimate of drug-likeness (QED) is 0.542. The van der Waals surface area contributed by atoms with Crippen molar-refractivity contribution in [3.63, 3.8) is 0 Å². The van der Waals surface area contributed by atoms with E-state index < -0.39 is 0 Å². The van der Waals surface area contributed by atoms with Gasteiger partial charge in [-0.25, -0.2) is 9.97 Å². The van der Waals surface area contributed by atoms with Crippen molar-refractivity contribution >= 4 is 0 Å². The summed E-state index contributed by atoms with van der Waals surface area (Å²) in [4.78, 5) is 13.9. The minimum Gasteiger partial charge on any atom is -0.255 e. The number of nitrogens with zero attached hydrogens (tertiary/aromatic N) is 3. The van der Waals surface area contributed by atoms with Crippen molar-refractivity contribution in [2.75, 3.05) is 0 Å². The van der Waals surface area contributed by atoms with E-state index in [0.717, 1.165) is 34.0 Å². The maximum atomic E-state index is 4.77. The Morgan fingerprint density at radius 2 is 0.958 bits per heavy atom. The highest BCUT2D eigenvalue weighted by molar-refractivity contribution is 5.66. The SMILES string of the molecule is c1ccc(-c2cccc(-c3cccc(-c4ccccn4)n3)n2)cc1. The molecule has 0 bridgehead atoms. The summed E-state index contributed by atoms with van der Waals surface area (Å²) in [5.41, 5.74) is 5.45. The van der Waals surface area contributed by atoms with E-state index in [1.807, 2.05) is 72.8 Å². The van der Waals surface area contributed by atoms with Crippen LogP contribution in [0.2, 0.25) is 0 Å². The first-order valence-corrected chi connectivity index (χ1v) is 7.81. The summed E-state index contributed by atoms with van der Waals surface area (Å²) in [7, 11) is 0. The Kier molecular flexibility index (Phi) is 3.82. The van der Waals surface area contributed by atoms with Gasteiger partial charge in [0.1, 0.15) is 0 Å². The Bertz CT molecular complexity index is 870. The largest absolute Gasteiger partial charge is 0.255 e. The number of aromatic nitrogens is 3. The molecule has 24 heavy (non-hydrogen) atoms. The van der Waals surface area contributed by atoms with Crippen molar-refractivity contribution in [1.29, 1.82) is 0 Å². The number of pyridine rings is 3. The molecule has 0 aliphatic rings. The van der Waals surface area contributed by atoms with Crippen LogP contribution in [0.5, 0.6) is 0 Å². The van der Waals surface area contributed by atoms with E-state index in [9.17, 15) is 0 Å². The van der Waals surface area contributed by atoms with E-state index >= 15 is 0 Å². The van der Waals surface area contributed by atoms with Gasteiger partial charge in [-0.1, -0.05) is 48.5 Å². The lowest BCUT2D eigenvalue weighted by molar-refractivity contribution is 1.22. The van der Waals surface area contributed by atoms with Gasteiger partial charge < -0.3 is 0 Å². The van der Waals surface area contributed by atoms with Crippen LogP contribution in [-0.4, -0.2) is 15.0 Å². The predicted molar refractivity (Wildman–Crippen MR) is 96.1 cm³/mol. The molecule has 0 N–H and O–H groups in total. The van der Waals surface area contributed by atoms with Crippen molar-refractivity contribution in [1.82, 2.24) is 15.0 Å². The van der Waals surface area contributed by atoms with Gasteiger partial charge in [0.25, 0.3) is 0 Å². The van der Waals surface area contributed by atoms with Gasteiger partial charge in [0, 0.05) is 11.8 Å². The summed E-state index contributed by atoms with van der Waals surface area (Å²) < 4.78 is 0. The zero-order valence-corrected chi connectivity index (χ0v) is 13.0. The van der Waals surface area contributed by atoms with Gasteiger partial charge in [0.2, 0.25) is 0 Å². The first-order chi connectivity index (χ1) is 11.9. The molecule has 0 saturated heterocycles. The summed E-state index contributed by atoms with van der Waals surface area (Å²) in [6, 6.07) is 27.9. The van der Waals surface area contributed by atoms with Crippen LogP contribution < -0.4 is 0 Å². The molecule has 4 aromatic rings. The van der Waals surface area contributed by atoms with E-state index in [0.29, 0.717) is 0 Å². The van der Waals surface area contributed by atoms with Crippen molar-refractivity contribution in [2.24, 2.45) is 0 Å². The van der Waals surface area contributed by atoms with Gasteiger partial charge >= 0.3 is 0 Å². The molecule has 1 aromatic carbocycles. The topological polar surface area (TPSA) is 38.7 Å². The van der Waals surface area contributed by atoms with E-state index in [4.69, 9.17) is 9.97 Å². The van der Waals surface area contributed by atoms with Crippen LogP contribution in [0.15, 0.2) is 91.1 Å². The van der Waals surface area contributed by atoms with Crippen molar-refractivity contribution in [3.05, 3.63) is 91.1 Å². The van der Waals surface area contributed by atoms with Crippen LogP contribution in [0.1, 0.15) is 0 Å². The van der Waals surface area contributed by atoms with Gasteiger partial charge in [0.05, 0.1) is 28.5 Å². The normalized spacial score (nSPS) is 10.5. The first kappa shape index (κ1) is 14.3. The summed E-state index contributed by atoms with van der Waals surface area (Å²) in [5.74, 6) is 0. The molecule has 3 heteroatoms. The molecule has 0 radical (unpaired) electrons. The maximum Gasteiger partial charge on any atom is 0.0894 e. The van der Waals surface area contributed by atoms with Crippen LogP contribution in [0.4, 0.5) is 0 Å². The lowest BCUT2D eigenvalue weighted by atomic mass is 10.1. The van der Waals surface area contributed by atoms with E-state index in [1.54, 1.807) is 6.20 Å². The lowest BCUT2D eigenvalue weighted by Gasteiger charge is -2.06. The smallest absolute Gasteiger partial charge is 0.0894 e. The van der Waals surface area contributed by atoms with E-state index in [-0.39, 0.29) is 0 Å².